The second-order valence-electron chi connectivity index (χ2n) is 8.09. The molecule has 1 N–H and O–H groups in total. The molecule has 2 aliphatic rings. The van der Waals surface area contributed by atoms with Crippen LogP contribution in [0.1, 0.15) is 12.1 Å². The average molecular weight is 411 g/mol. The van der Waals surface area contributed by atoms with Gasteiger partial charge in [0.2, 0.25) is 5.88 Å². The van der Waals surface area contributed by atoms with Gasteiger partial charge in [-0.3, -0.25) is 5.10 Å². The molecule has 1 aromatic carbocycles. The smallest absolute Gasteiger partial charge is 0.259 e. The van der Waals surface area contributed by atoms with Gasteiger partial charge in [-0.25, -0.2) is 22.8 Å². The summed E-state index contributed by atoms with van der Waals surface area (Å²) < 4.78 is 48.9. The van der Waals surface area contributed by atoms with Gasteiger partial charge < -0.3 is 4.74 Å². The minimum atomic E-state index is -2.75. The Hall–Kier alpha value is -3.36. The zero-order chi connectivity index (χ0) is 20.7. The number of aromatic nitrogens is 5. The van der Waals surface area contributed by atoms with E-state index in [2.05, 4.69) is 20.3 Å². The highest BCUT2D eigenvalue weighted by molar-refractivity contribution is 5.98. The summed E-state index contributed by atoms with van der Waals surface area (Å²) >= 11 is 0. The first-order valence-electron chi connectivity index (χ1n) is 9.55. The van der Waals surface area contributed by atoms with Crippen molar-refractivity contribution in [2.45, 2.75) is 25.8 Å². The molecule has 0 unspecified atom stereocenters. The van der Waals surface area contributed by atoms with Crippen LogP contribution in [0.25, 0.3) is 33.4 Å². The summed E-state index contributed by atoms with van der Waals surface area (Å²) in [6.07, 6.45) is 1.45. The highest BCUT2D eigenvalue weighted by atomic mass is 19.3. The summed E-state index contributed by atoms with van der Waals surface area (Å²) in [4.78, 5) is 4.45. The number of nitrogens with one attached hydrogen (secondary N) is 1. The molecule has 1 aliphatic carbocycles. The number of pyridine rings is 1. The Labute approximate surface area is 168 Å². The molecular weight excluding hydrogens is 395 g/mol. The quantitative estimate of drug-likeness (QED) is 0.532. The number of benzene rings is 1. The third kappa shape index (κ3) is 2.34. The van der Waals surface area contributed by atoms with E-state index < -0.39 is 11.3 Å². The second kappa shape index (κ2) is 5.62. The van der Waals surface area contributed by atoms with Crippen LogP contribution in [0.15, 0.2) is 36.5 Å². The van der Waals surface area contributed by atoms with E-state index in [1.807, 2.05) is 13.0 Å². The summed E-state index contributed by atoms with van der Waals surface area (Å²) in [5.74, 6) is -2.69. The molecule has 0 saturated heterocycles. The predicted octanol–water partition coefficient (Wildman–Crippen LogP) is 4.35. The fourth-order valence-corrected chi connectivity index (χ4v) is 4.26. The summed E-state index contributed by atoms with van der Waals surface area (Å²) in [6.45, 7) is 1.86. The third-order valence-corrected chi connectivity index (χ3v) is 5.99. The topological polar surface area (TPSA) is 68.6 Å². The molecule has 4 heterocycles. The Morgan fingerprint density at radius 2 is 1.97 bits per heavy atom. The van der Waals surface area contributed by atoms with E-state index in [0.29, 0.717) is 28.3 Å². The maximum atomic E-state index is 14.0. The van der Waals surface area contributed by atoms with Crippen molar-refractivity contribution in [3.63, 3.8) is 0 Å². The largest absolute Gasteiger partial charge is 0.476 e. The Morgan fingerprint density at radius 3 is 2.70 bits per heavy atom. The molecular formula is C21H16F3N5O. The van der Waals surface area contributed by atoms with Crippen molar-refractivity contribution >= 4 is 11.0 Å². The van der Waals surface area contributed by atoms with Gasteiger partial charge in [0.25, 0.3) is 5.92 Å². The Morgan fingerprint density at radius 1 is 1.20 bits per heavy atom. The van der Waals surface area contributed by atoms with Crippen molar-refractivity contribution in [2.75, 3.05) is 6.61 Å². The lowest BCUT2D eigenvalue weighted by molar-refractivity contribution is 0.0154. The molecule has 30 heavy (non-hydrogen) atoms. The normalized spacial score (nSPS) is 21.6. The van der Waals surface area contributed by atoms with Crippen molar-refractivity contribution in [3.05, 3.63) is 48.0 Å². The van der Waals surface area contributed by atoms with Crippen LogP contribution in [-0.2, 0) is 6.54 Å². The Bertz CT molecular complexity index is 1310. The summed E-state index contributed by atoms with van der Waals surface area (Å²) in [6, 6.07) is 7.83. The lowest BCUT2D eigenvalue weighted by Gasteiger charge is -2.24. The van der Waals surface area contributed by atoms with Crippen LogP contribution in [0.3, 0.4) is 0 Å². The first-order chi connectivity index (χ1) is 14.4. The number of rotatable bonds is 2. The van der Waals surface area contributed by atoms with Crippen LogP contribution >= 0.6 is 0 Å². The SMILES string of the molecule is Cc1cc(-c2c(-c3ccc(F)cc3)nn3c2OC[C@]2(C3)CC2(F)F)c2cn[nH]c2n1. The molecule has 152 valence electrons. The van der Waals surface area contributed by atoms with Crippen molar-refractivity contribution in [1.82, 2.24) is 25.0 Å². The third-order valence-electron chi connectivity index (χ3n) is 5.99. The van der Waals surface area contributed by atoms with Crippen LogP contribution in [0.5, 0.6) is 5.88 Å². The summed E-state index contributed by atoms with van der Waals surface area (Å²) in [5, 5.41) is 12.4. The van der Waals surface area contributed by atoms with Crippen molar-refractivity contribution in [1.29, 1.82) is 0 Å². The fraction of sp³-hybridized carbons (Fsp3) is 0.286. The number of aromatic amines is 1. The first kappa shape index (κ1) is 17.5. The van der Waals surface area contributed by atoms with E-state index in [0.717, 1.165) is 16.6 Å². The zero-order valence-corrected chi connectivity index (χ0v) is 15.9. The van der Waals surface area contributed by atoms with Gasteiger partial charge in [0.15, 0.2) is 5.65 Å². The van der Waals surface area contributed by atoms with Gasteiger partial charge in [0.1, 0.15) is 18.1 Å². The number of nitrogens with zero attached hydrogens (tertiary/aromatic N) is 4. The van der Waals surface area contributed by atoms with Crippen LogP contribution < -0.4 is 4.74 Å². The van der Waals surface area contributed by atoms with Crippen LogP contribution in [0.2, 0.25) is 0 Å². The predicted molar refractivity (Wildman–Crippen MR) is 103 cm³/mol. The number of hydrogen-bond acceptors (Lipinski definition) is 4. The van der Waals surface area contributed by atoms with Crippen LogP contribution in [-0.4, -0.2) is 37.5 Å². The molecule has 1 aliphatic heterocycles. The maximum absolute atomic E-state index is 14.0. The molecule has 9 heteroatoms. The number of H-pyrrole nitrogens is 1. The maximum Gasteiger partial charge on any atom is 0.259 e. The van der Waals surface area contributed by atoms with Crippen molar-refractivity contribution < 1.29 is 17.9 Å². The van der Waals surface area contributed by atoms with Crippen LogP contribution in [0, 0.1) is 18.2 Å². The van der Waals surface area contributed by atoms with Gasteiger partial charge in [-0.05, 0) is 37.3 Å². The number of hydrogen-bond donors (Lipinski definition) is 1. The molecule has 4 aromatic rings. The fourth-order valence-electron chi connectivity index (χ4n) is 4.26. The van der Waals surface area contributed by atoms with Gasteiger partial charge in [-0.1, -0.05) is 0 Å². The average Bonchev–Trinajstić information content (AvgIpc) is 3.08. The molecule has 0 radical (unpaired) electrons. The van der Waals surface area contributed by atoms with E-state index in [1.54, 1.807) is 18.3 Å². The zero-order valence-electron chi connectivity index (χ0n) is 15.9. The molecule has 0 amide bonds. The highest BCUT2D eigenvalue weighted by Gasteiger charge is 2.73. The number of alkyl halides is 2. The molecule has 6 rings (SSSR count). The summed E-state index contributed by atoms with van der Waals surface area (Å²) in [7, 11) is 0. The first-order valence-corrected chi connectivity index (χ1v) is 9.55. The standard InChI is InChI=1S/C21H16F3N5O/c1-11-6-14(15-7-25-27-18(15)26-11)16-17(12-2-4-13(22)5-3-12)28-29-9-20(8-21(20,23)24)10-30-19(16)29/h2-7H,8-10H2,1H3,(H,25,26,27)/t20-/m1/s1. The van der Waals surface area contributed by atoms with E-state index in [4.69, 9.17) is 4.74 Å². The summed E-state index contributed by atoms with van der Waals surface area (Å²) in [5.41, 5.74) is 2.81. The molecule has 1 fully saturated rings. The number of ether oxygens (including phenoxy) is 1. The molecule has 1 atom stereocenters. The van der Waals surface area contributed by atoms with Gasteiger partial charge in [-0.2, -0.15) is 10.2 Å². The molecule has 1 spiro atoms. The van der Waals surface area contributed by atoms with Gasteiger partial charge in [-0.15, -0.1) is 0 Å². The number of halogens is 3. The van der Waals surface area contributed by atoms with Crippen molar-refractivity contribution in [3.8, 4) is 28.3 Å². The van der Waals surface area contributed by atoms with E-state index in [9.17, 15) is 13.2 Å². The Balaban J connectivity index is 1.61. The second-order valence-corrected chi connectivity index (χ2v) is 8.09. The number of fused-ring (bicyclic) bond motifs is 2. The lowest BCUT2D eigenvalue weighted by atomic mass is 9.98. The van der Waals surface area contributed by atoms with Gasteiger partial charge in [0.05, 0.1) is 23.7 Å². The van der Waals surface area contributed by atoms with Crippen molar-refractivity contribution in [2.24, 2.45) is 5.41 Å². The number of aryl methyl sites for hydroxylation is 1. The van der Waals surface area contributed by atoms with Crippen LogP contribution in [0.4, 0.5) is 13.2 Å². The Kier molecular flexibility index (Phi) is 3.28. The minimum Gasteiger partial charge on any atom is -0.476 e. The van der Waals surface area contributed by atoms with Gasteiger partial charge >= 0.3 is 0 Å². The molecule has 3 aromatic heterocycles. The molecule has 1 saturated carbocycles. The molecule has 0 bridgehead atoms. The van der Waals surface area contributed by atoms with E-state index in [1.165, 1.54) is 16.8 Å². The monoisotopic (exact) mass is 411 g/mol. The lowest BCUT2D eigenvalue weighted by Crippen LogP contribution is -2.31. The minimum absolute atomic E-state index is 0.0693. The molecule has 6 nitrogen and oxygen atoms in total. The van der Waals surface area contributed by atoms with E-state index >= 15 is 0 Å². The highest BCUT2D eigenvalue weighted by Crippen LogP contribution is 2.63. The van der Waals surface area contributed by atoms with Gasteiger partial charge in [0, 0.05) is 28.6 Å². The van der Waals surface area contributed by atoms with E-state index in [-0.39, 0.29) is 25.4 Å².